The van der Waals surface area contributed by atoms with Gasteiger partial charge in [-0.15, -0.1) is 0 Å². The number of hydrogen-bond acceptors (Lipinski definition) is 5. The Bertz CT molecular complexity index is 1140. The van der Waals surface area contributed by atoms with Crippen molar-refractivity contribution in [3.63, 3.8) is 0 Å². The van der Waals surface area contributed by atoms with Gasteiger partial charge in [0, 0.05) is 5.56 Å². The lowest BCUT2D eigenvalue weighted by molar-refractivity contribution is -0.119. The minimum Gasteiger partial charge on any atom is -0.453 e. The number of aldehydes is 1. The zero-order chi connectivity index (χ0) is 21.8. The van der Waals surface area contributed by atoms with Gasteiger partial charge in [-0.25, -0.2) is 4.79 Å². The zero-order valence-electron chi connectivity index (χ0n) is 14.9. The Morgan fingerprint density at radius 2 is 1.67 bits per heavy atom. The van der Waals surface area contributed by atoms with Crippen LogP contribution in [0.15, 0.2) is 46.9 Å². The zero-order valence-corrected chi connectivity index (χ0v) is 17.9. The largest absolute Gasteiger partial charge is 0.453 e. The van der Waals surface area contributed by atoms with Crippen LogP contribution < -0.4 is 5.32 Å². The SMILES string of the molecule is O=Cc1ccc(-c2ccc(Cl)c(C(=O)OCC(=O)Nc3cc(Cl)c(Cl)cc3Cl)c2)o1. The molecule has 0 aliphatic carbocycles. The molecule has 0 unspecified atom stereocenters. The van der Waals surface area contributed by atoms with E-state index >= 15 is 0 Å². The summed E-state index contributed by atoms with van der Waals surface area (Å²) in [7, 11) is 0. The molecule has 3 aromatic rings. The van der Waals surface area contributed by atoms with Crippen molar-refractivity contribution in [3.05, 3.63) is 73.9 Å². The molecule has 1 aromatic heterocycles. The van der Waals surface area contributed by atoms with Crippen LogP contribution in [0, 0.1) is 0 Å². The van der Waals surface area contributed by atoms with Gasteiger partial charge in [0.1, 0.15) is 5.76 Å². The van der Waals surface area contributed by atoms with E-state index in [9.17, 15) is 14.4 Å². The van der Waals surface area contributed by atoms with Crippen molar-refractivity contribution < 1.29 is 23.5 Å². The summed E-state index contributed by atoms with van der Waals surface area (Å²) in [5, 5.41) is 3.21. The number of nitrogens with one attached hydrogen (secondary N) is 1. The predicted octanol–water partition coefficient (Wildman–Crippen LogP) is 6.17. The number of anilines is 1. The van der Waals surface area contributed by atoms with E-state index in [-0.39, 0.29) is 37.1 Å². The summed E-state index contributed by atoms with van der Waals surface area (Å²) in [6.07, 6.45) is 0.563. The lowest BCUT2D eigenvalue weighted by atomic mass is 10.1. The van der Waals surface area contributed by atoms with Crippen LogP contribution in [0.4, 0.5) is 5.69 Å². The van der Waals surface area contributed by atoms with Gasteiger partial charge in [-0.1, -0.05) is 46.4 Å². The van der Waals surface area contributed by atoms with Gasteiger partial charge in [0.2, 0.25) is 0 Å². The number of amides is 1. The van der Waals surface area contributed by atoms with Crippen LogP contribution in [-0.4, -0.2) is 24.8 Å². The van der Waals surface area contributed by atoms with E-state index in [1.165, 1.54) is 30.3 Å². The molecule has 2 aromatic carbocycles. The summed E-state index contributed by atoms with van der Waals surface area (Å²) < 4.78 is 10.4. The van der Waals surface area contributed by atoms with Gasteiger partial charge in [0.15, 0.2) is 18.7 Å². The fourth-order valence-corrected chi connectivity index (χ4v) is 3.21. The molecule has 1 amide bonds. The van der Waals surface area contributed by atoms with Crippen LogP contribution in [-0.2, 0) is 9.53 Å². The Labute approximate surface area is 190 Å². The van der Waals surface area contributed by atoms with E-state index in [0.717, 1.165) is 0 Å². The highest BCUT2D eigenvalue weighted by molar-refractivity contribution is 6.44. The molecule has 30 heavy (non-hydrogen) atoms. The predicted molar refractivity (Wildman–Crippen MR) is 115 cm³/mol. The number of carbonyl (C=O) groups excluding carboxylic acids is 3. The molecule has 0 atom stereocenters. The first-order valence-corrected chi connectivity index (χ1v) is 9.76. The quantitative estimate of drug-likeness (QED) is 0.256. The van der Waals surface area contributed by atoms with Crippen molar-refractivity contribution in [3.8, 4) is 11.3 Å². The van der Waals surface area contributed by atoms with E-state index in [0.29, 0.717) is 17.6 Å². The smallest absolute Gasteiger partial charge is 0.340 e. The monoisotopic (exact) mass is 485 g/mol. The molecule has 0 fully saturated rings. The normalized spacial score (nSPS) is 10.5. The number of benzene rings is 2. The fraction of sp³-hybridized carbons (Fsp3) is 0.0500. The fourth-order valence-electron chi connectivity index (χ4n) is 2.42. The number of hydrogen-bond donors (Lipinski definition) is 1. The van der Waals surface area contributed by atoms with Gasteiger partial charge in [0.25, 0.3) is 5.91 Å². The maximum atomic E-state index is 12.4. The lowest BCUT2D eigenvalue weighted by Crippen LogP contribution is -2.21. The minimum atomic E-state index is -0.820. The van der Waals surface area contributed by atoms with E-state index in [4.69, 9.17) is 55.6 Å². The van der Waals surface area contributed by atoms with Crippen molar-refractivity contribution in [1.29, 1.82) is 0 Å². The van der Waals surface area contributed by atoms with Gasteiger partial charge in [-0.05, 0) is 42.5 Å². The summed E-state index contributed by atoms with van der Waals surface area (Å²) in [4.78, 5) is 35.3. The molecule has 6 nitrogen and oxygen atoms in total. The van der Waals surface area contributed by atoms with Crippen LogP contribution in [0.2, 0.25) is 20.1 Å². The second-order valence-corrected chi connectivity index (χ2v) is 7.51. The number of carbonyl (C=O) groups is 3. The molecule has 1 N–H and O–H groups in total. The third-order valence-electron chi connectivity index (χ3n) is 3.83. The molecule has 0 bridgehead atoms. The van der Waals surface area contributed by atoms with Crippen LogP contribution in [0.5, 0.6) is 0 Å². The molecule has 154 valence electrons. The van der Waals surface area contributed by atoms with Gasteiger partial charge < -0.3 is 14.5 Å². The minimum absolute atomic E-state index is 0.0265. The Balaban J connectivity index is 1.68. The first-order valence-electron chi connectivity index (χ1n) is 8.25. The summed E-state index contributed by atoms with van der Waals surface area (Å²) in [5.74, 6) is -0.950. The molecule has 0 radical (unpaired) electrons. The van der Waals surface area contributed by atoms with Gasteiger partial charge in [-0.2, -0.15) is 0 Å². The summed E-state index contributed by atoms with van der Waals surface area (Å²) >= 11 is 23.8. The van der Waals surface area contributed by atoms with Gasteiger partial charge >= 0.3 is 5.97 Å². The average molecular weight is 487 g/mol. The van der Waals surface area contributed by atoms with E-state index in [1.807, 2.05) is 0 Å². The molecule has 0 saturated carbocycles. The molecule has 1 heterocycles. The molecule has 10 heteroatoms. The standard InChI is InChI=1S/C20H11Cl4NO5/c21-13-3-1-10(18-4-2-11(8-26)30-18)5-12(13)20(28)29-9-19(27)25-17-7-15(23)14(22)6-16(17)24/h1-8H,9H2,(H,25,27). The van der Waals surface area contributed by atoms with E-state index in [2.05, 4.69) is 5.32 Å². The number of ether oxygens (including phenoxy) is 1. The van der Waals surface area contributed by atoms with Gasteiger partial charge in [-0.3, -0.25) is 9.59 Å². The third-order valence-corrected chi connectivity index (χ3v) is 5.20. The van der Waals surface area contributed by atoms with Crippen LogP contribution in [0.3, 0.4) is 0 Å². The highest BCUT2D eigenvalue weighted by Gasteiger charge is 2.17. The Kier molecular flexibility index (Phi) is 7.05. The molecular formula is C20H11Cl4NO5. The summed E-state index contributed by atoms with van der Waals surface area (Å²) in [6.45, 7) is -0.591. The lowest BCUT2D eigenvalue weighted by Gasteiger charge is -2.10. The second kappa shape index (κ2) is 9.53. The molecule has 0 aliphatic heterocycles. The maximum Gasteiger partial charge on any atom is 0.340 e. The Morgan fingerprint density at radius 1 is 0.933 bits per heavy atom. The van der Waals surface area contributed by atoms with Crippen molar-refractivity contribution in [2.24, 2.45) is 0 Å². The molecule has 0 saturated heterocycles. The van der Waals surface area contributed by atoms with Crippen LogP contribution in [0.25, 0.3) is 11.3 Å². The van der Waals surface area contributed by atoms with Crippen LogP contribution >= 0.6 is 46.4 Å². The highest BCUT2D eigenvalue weighted by Crippen LogP contribution is 2.32. The number of esters is 1. The molecule has 0 spiro atoms. The van der Waals surface area contributed by atoms with Crippen LogP contribution in [0.1, 0.15) is 20.9 Å². The summed E-state index contributed by atoms with van der Waals surface area (Å²) in [6, 6.07) is 10.4. The van der Waals surface area contributed by atoms with Crippen molar-refractivity contribution >= 4 is 70.3 Å². The molecule has 0 aliphatic rings. The van der Waals surface area contributed by atoms with Crippen molar-refractivity contribution in [2.45, 2.75) is 0 Å². The number of rotatable bonds is 6. The summed E-state index contributed by atoms with van der Waals surface area (Å²) in [5.41, 5.74) is 0.751. The first kappa shape index (κ1) is 22.2. The second-order valence-electron chi connectivity index (χ2n) is 5.88. The van der Waals surface area contributed by atoms with E-state index < -0.39 is 18.5 Å². The first-order chi connectivity index (χ1) is 14.3. The number of halogens is 4. The third kappa shape index (κ3) is 5.15. The number of furan rings is 1. The highest BCUT2D eigenvalue weighted by atomic mass is 35.5. The average Bonchev–Trinajstić information content (AvgIpc) is 3.20. The molecular weight excluding hydrogens is 476 g/mol. The Hall–Kier alpha value is -2.51. The topological polar surface area (TPSA) is 85.6 Å². The van der Waals surface area contributed by atoms with Crippen molar-refractivity contribution in [2.75, 3.05) is 11.9 Å². The van der Waals surface area contributed by atoms with E-state index in [1.54, 1.807) is 12.1 Å². The van der Waals surface area contributed by atoms with Gasteiger partial charge in [0.05, 0.1) is 31.3 Å². The Morgan fingerprint density at radius 3 is 2.37 bits per heavy atom. The maximum absolute atomic E-state index is 12.4. The molecule has 3 rings (SSSR count). The van der Waals surface area contributed by atoms with Crippen molar-refractivity contribution in [1.82, 2.24) is 0 Å².